The molecule has 2 aliphatic heterocycles. The Morgan fingerprint density at radius 1 is 1.30 bits per heavy atom. The summed E-state index contributed by atoms with van der Waals surface area (Å²) in [7, 11) is 0. The van der Waals surface area contributed by atoms with Crippen LogP contribution in [0.5, 0.6) is 0 Å². The Labute approximate surface area is 137 Å². The van der Waals surface area contributed by atoms with Crippen molar-refractivity contribution in [2.24, 2.45) is 5.92 Å². The molecule has 23 heavy (non-hydrogen) atoms. The quantitative estimate of drug-likeness (QED) is 0.870. The molecule has 2 N–H and O–H groups in total. The van der Waals surface area contributed by atoms with Gasteiger partial charge in [0, 0.05) is 44.9 Å². The van der Waals surface area contributed by atoms with Gasteiger partial charge in [-0.3, -0.25) is 0 Å². The zero-order chi connectivity index (χ0) is 15.9. The first-order valence-corrected chi connectivity index (χ1v) is 8.60. The summed E-state index contributed by atoms with van der Waals surface area (Å²) in [6.45, 7) is 4.92. The van der Waals surface area contributed by atoms with E-state index < -0.39 is 0 Å². The summed E-state index contributed by atoms with van der Waals surface area (Å²) in [6, 6.07) is 3.92. The summed E-state index contributed by atoms with van der Waals surface area (Å²) in [6.07, 6.45) is 6.64. The van der Waals surface area contributed by atoms with Crippen molar-refractivity contribution in [1.82, 2.24) is 15.6 Å². The lowest BCUT2D eigenvalue weighted by atomic mass is 10.1. The van der Waals surface area contributed by atoms with Crippen LogP contribution < -0.4 is 15.5 Å². The Morgan fingerprint density at radius 2 is 2.17 bits per heavy atom. The van der Waals surface area contributed by atoms with Crippen LogP contribution in [0.15, 0.2) is 18.3 Å². The van der Waals surface area contributed by atoms with Crippen LogP contribution in [-0.4, -0.2) is 43.9 Å². The number of anilines is 1. The first-order valence-electron chi connectivity index (χ1n) is 8.60. The van der Waals surface area contributed by atoms with Gasteiger partial charge in [0.1, 0.15) is 5.82 Å². The Balaban J connectivity index is 1.44. The second-order valence-corrected chi connectivity index (χ2v) is 6.36. The number of piperidine rings is 1. The molecule has 126 valence electrons. The van der Waals surface area contributed by atoms with Gasteiger partial charge in [0.2, 0.25) is 0 Å². The number of pyridine rings is 1. The first kappa shape index (κ1) is 16.1. The number of nitrogens with one attached hydrogen (secondary N) is 2. The zero-order valence-electron chi connectivity index (χ0n) is 13.6. The van der Waals surface area contributed by atoms with Crippen molar-refractivity contribution >= 4 is 11.8 Å². The number of hydrogen-bond donors (Lipinski definition) is 2. The number of ether oxygens (including phenoxy) is 1. The van der Waals surface area contributed by atoms with Gasteiger partial charge in [-0.15, -0.1) is 0 Å². The van der Waals surface area contributed by atoms with Crippen LogP contribution in [0.1, 0.15) is 31.2 Å². The van der Waals surface area contributed by atoms with Gasteiger partial charge in [-0.2, -0.15) is 0 Å². The van der Waals surface area contributed by atoms with E-state index in [0.717, 1.165) is 44.1 Å². The van der Waals surface area contributed by atoms with E-state index in [1.165, 1.54) is 19.3 Å². The van der Waals surface area contributed by atoms with E-state index in [4.69, 9.17) is 4.74 Å². The summed E-state index contributed by atoms with van der Waals surface area (Å²) in [4.78, 5) is 18.7. The molecule has 3 heterocycles. The Bertz CT molecular complexity index is 511. The molecule has 0 spiro atoms. The SMILES string of the molecule is O=C(NCc1ccnc(N2CCCCC2)c1)NCC1CCOC1. The maximum Gasteiger partial charge on any atom is 0.315 e. The van der Waals surface area contributed by atoms with Gasteiger partial charge >= 0.3 is 6.03 Å². The summed E-state index contributed by atoms with van der Waals surface area (Å²) in [5, 5.41) is 5.83. The predicted molar refractivity (Wildman–Crippen MR) is 89.5 cm³/mol. The fourth-order valence-electron chi connectivity index (χ4n) is 3.09. The third-order valence-corrected chi connectivity index (χ3v) is 4.52. The second kappa shape index (κ2) is 8.15. The largest absolute Gasteiger partial charge is 0.381 e. The minimum absolute atomic E-state index is 0.117. The van der Waals surface area contributed by atoms with Crippen LogP contribution in [-0.2, 0) is 11.3 Å². The highest BCUT2D eigenvalue weighted by molar-refractivity contribution is 5.73. The van der Waals surface area contributed by atoms with E-state index in [0.29, 0.717) is 19.0 Å². The van der Waals surface area contributed by atoms with Gasteiger partial charge in [-0.25, -0.2) is 9.78 Å². The second-order valence-electron chi connectivity index (χ2n) is 6.36. The molecule has 2 aliphatic rings. The fourth-order valence-corrected chi connectivity index (χ4v) is 3.09. The Morgan fingerprint density at radius 3 is 2.96 bits per heavy atom. The van der Waals surface area contributed by atoms with E-state index in [1.54, 1.807) is 0 Å². The van der Waals surface area contributed by atoms with Gasteiger partial charge in [0.25, 0.3) is 0 Å². The average molecular weight is 318 g/mol. The molecule has 6 heteroatoms. The monoisotopic (exact) mass is 318 g/mol. The van der Waals surface area contributed by atoms with E-state index in [9.17, 15) is 4.79 Å². The topological polar surface area (TPSA) is 66.5 Å². The van der Waals surface area contributed by atoms with E-state index in [2.05, 4.69) is 26.6 Å². The van der Waals surface area contributed by atoms with Crippen LogP contribution in [0.4, 0.5) is 10.6 Å². The molecule has 1 atom stereocenters. The molecule has 3 rings (SSSR count). The fraction of sp³-hybridized carbons (Fsp3) is 0.647. The van der Waals surface area contributed by atoms with Crippen LogP contribution in [0.2, 0.25) is 0 Å². The van der Waals surface area contributed by atoms with E-state index >= 15 is 0 Å². The number of urea groups is 1. The molecule has 2 amide bonds. The molecular formula is C17H26N4O2. The lowest BCUT2D eigenvalue weighted by molar-refractivity contribution is 0.185. The average Bonchev–Trinajstić information content (AvgIpc) is 3.13. The van der Waals surface area contributed by atoms with Crippen LogP contribution >= 0.6 is 0 Å². The van der Waals surface area contributed by atoms with Crippen LogP contribution in [0.25, 0.3) is 0 Å². The van der Waals surface area contributed by atoms with Crippen LogP contribution in [0, 0.1) is 5.92 Å². The zero-order valence-corrected chi connectivity index (χ0v) is 13.6. The molecule has 0 radical (unpaired) electrons. The summed E-state index contributed by atoms with van der Waals surface area (Å²) in [5.74, 6) is 1.47. The molecular weight excluding hydrogens is 292 g/mol. The van der Waals surface area contributed by atoms with Gasteiger partial charge in [-0.05, 0) is 43.4 Å². The van der Waals surface area contributed by atoms with Crippen molar-refractivity contribution in [3.63, 3.8) is 0 Å². The van der Waals surface area contributed by atoms with Crippen molar-refractivity contribution < 1.29 is 9.53 Å². The highest BCUT2D eigenvalue weighted by atomic mass is 16.5. The molecule has 1 aromatic heterocycles. The van der Waals surface area contributed by atoms with Crippen LogP contribution in [0.3, 0.4) is 0 Å². The Kier molecular flexibility index (Phi) is 5.69. The maximum absolute atomic E-state index is 11.9. The first-order chi connectivity index (χ1) is 11.3. The van der Waals surface area contributed by atoms with Crippen molar-refractivity contribution in [3.8, 4) is 0 Å². The smallest absolute Gasteiger partial charge is 0.315 e. The normalized spacial score (nSPS) is 21.2. The number of carbonyl (C=O) groups excluding carboxylic acids is 1. The number of rotatable bonds is 5. The van der Waals surface area contributed by atoms with Gasteiger partial charge in [0.05, 0.1) is 6.61 Å². The molecule has 0 saturated carbocycles. The standard InChI is InChI=1S/C17H26N4O2/c22-17(20-12-15-5-9-23-13-15)19-11-14-4-6-18-16(10-14)21-7-2-1-3-8-21/h4,6,10,15H,1-3,5,7-9,11-13H2,(H2,19,20,22). The summed E-state index contributed by atoms with van der Waals surface area (Å²) < 4.78 is 5.31. The molecule has 0 bridgehead atoms. The highest BCUT2D eigenvalue weighted by Gasteiger charge is 2.16. The molecule has 6 nitrogen and oxygen atoms in total. The number of carbonyl (C=O) groups is 1. The predicted octanol–water partition coefficient (Wildman–Crippen LogP) is 1.91. The number of amides is 2. The number of nitrogens with zero attached hydrogens (tertiary/aromatic N) is 2. The molecule has 1 unspecified atom stereocenters. The summed E-state index contributed by atoms with van der Waals surface area (Å²) >= 11 is 0. The van der Waals surface area contributed by atoms with Crippen molar-refractivity contribution in [2.75, 3.05) is 37.7 Å². The van der Waals surface area contributed by atoms with E-state index in [-0.39, 0.29) is 6.03 Å². The van der Waals surface area contributed by atoms with Crippen molar-refractivity contribution in [2.45, 2.75) is 32.2 Å². The molecule has 1 aromatic rings. The molecule has 0 aliphatic carbocycles. The minimum Gasteiger partial charge on any atom is -0.381 e. The lowest BCUT2D eigenvalue weighted by Crippen LogP contribution is -2.38. The van der Waals surface area contributed by atoms with Crippen molar-refractivity contribution in [1.29, 1.82) is 0 Å². The van der Waals surface area contributed by atoms with Crippen molar-refractivity contribution in [3.05, 3.63) is 23.9 Å². The Hall–Kier alpha value is -1.82. The summed E-state index contributed by atoms with van der Waals surface area (Å²) in [5.41, 5.74) is 1.08. The van der Waals surface area contributed by atoms with E-state index in [1.807, 2.05) is 12.3 Å². The number of hydrogen-bond acceptors (Lipinski definition) is 4. The molecule has 2 fully saturated rings. The maximum atomic E-state index is 11.9. The third-order valence-electron chi connectivity index (χ3n) is 4.52. The van der Waals surface area contributed by atoms with Gasteiger partial charge in [-0.1, -0.05) is 0 Å². The minimum atomic E-state index is -0.117. The van der Waals surface area contributed by atoms with Gasteiger partial charge in [0.15, 0.2) is 0 Å². The van der Waals surface area contributed by atoms with Gasteiger partial charge < -0.3 is 20.3 Å². The third kappa shape index (κ3) is 4.82. The molecule has 2 saturated heterocycles. The highest BCUT2D eigenvalue weighted by Crippen LogP contribution is 2.18. The molecule has 0 aromatic carbocycles. The lowest BCUT2D eigenvalue weighted by Gasteiger charge is -2.27. The number of aromatic nitrogens is 1.